The van der Waals surface area contributed by atoms with Gasteiger partial charge >= 0.3 is 5.11 Å². The molecule has 0 radical (unpaired) electrons. The normalized spacial score (nSPS) is 11.3. The van der Waals surface area contributed by atoms with Gasteiger partial charge in [-0.15, -0.1) is 5.11 Å². The molecule has 0 aliphatic heterocycles. The third kappa shape index (κ3) is 1.63. The highest BCUT2D eigenvalue weighted by Gasteiger charge is 2.14. The molecule has 0 amide bonds. The van der Waals surface area contributed by atoms with Crippen LogP contribution in [0.3, 0.4) is 0 Å². The molecule has 0 unspecified atom stereocenters. The van der Waals surface area contributed by atoms with Gasteiger partial charge in [0.05, 0.1) is 5.52 Å². The number of nitrogens with one attached hydrogen (secondary N) is 1. The molecule has 6 heteroatoms. The van der Waals surface area contributed by atoms with Gasteiger partial charge in [-0.1, -0.05) is 23.3 Å². The number of thiocarbonyl (C=S) groups is 1. The van der Waals surface area contributed by atoms with Crippen LogP contribution in [0.15, 0.2) is 29.4 Å². The number of rotatable bonds is 1. The summed E-state index contributed by atoms with van der Waals surface area (Å²) in [5.41, 5.74) is 6.61. The SMILES string of the molecule is Cn1c(O)c(N=[NH+]C(N)=S)c2ccccc21. The lowest BCUT2D eigenvalue weighted by Crippen LogP contribution is -2.73. The number of benzene rings is 1. The molecule has 1 heterocycles. The Hall–Kier alpha value is -1.95. The number of aromatic nitrogens is 1. The van der Waals surface area contributed by atoms with E-state index in [2.05, 4.69) is 22.4 Å². The number of aryl methyl sites for hydroxylation is 1. The van der Waals surface area contributed by atoms with Crippen LogP contribution in [0.4, 0.5) is 5.69 Å². The maximum atomic E-state index is 9.88. The summed E-state index contributed by atoms with van der Waals surface area (Å²) in [6, 6.07) is 7.54. The lowest BCUT2D eigenvalue weighted by molar-refractivity contribution is -0.395. The first-order valence-corrected chi connectivity index (χ1v) is 5.04. The molecular weight excluding hydrogens is 224 g/mol. The van der Waals surface area contributed by atoms with Crippen molar-refractivity contribution in [2.75, 3.05) is 0 Å². The van der Waals surface area contributed by atoms with Crippen molar-refractivity contribution in [2.45, 2.75) is 0 Å². The molecule has 0 saturated heterocycles. The van der Waals surface area contributed by atoms with Gasteiger partial charge in [0, 0.05) is 24.7 Å². The largest absolute Gasteiger partial charge is 0.493 e. The van der Waals surface area contributed by atoms with E-state index < -0.39 is 0 Å². The second-order valence-electron chi connectivity index (χ2n) is 3.34. The van der Waals surface area contributed by atoms with E-state index in [0.29, 0.717) is 5.69 Å². The number of azo groups is 1. The van der Waals surface area contributed by atoms with Crippen LogP contribution in [-0.4, -0.2) is 14.8 Å². The molecule has 0 aliphatic carbocycles. The molecule has 1 aromatic carbocycles. The van der Waals surface area contributed by atoms with Gasteiger partial charge in [0.1, 0.15) is 0 Å². The molecule has 0 fully saturated rings. The number of nitrogens with zero attached hydrogens (tertiary/aromatic N) is 2. The first-order chi connectivity index (χ1) is 7.61. The zero-order chi connectivity index (χ0) is 11.7. The Labute approximate surface area is 97.2 Å². The molecule has 0 saturated carbocycles. The van der Waals surface area contributed by atoms with Crippen LogP contribution >= 0.6 is 12.2 Å². The average molecular weight is 235 g/mol. The molecule has 2 aromatic rings. The van der Waals surface area contributed by atoms with Crippen molar-refractivity contribution in [1.82, 2.24) is 4.57 Å². The van der Waals surface area contributed by atoms with Crippen LogP contribution in [0.25, 0.3) is 10.9 Å². The summed E-state index contributed by atoms with van der Waals surface area (Å²) in [5, 5.41) is 17.2. The minimum atomic E-state index is 0.0623. The fourth-order valence-electron chi connectivity index (χ4n) is 1.58. The van der Waals surface area contributed by atoms with Crippen molar-refractivity contribution in [1.29, 1.82) is 0 Å². The van der Waals surface area contributed by atoms with Crippen molar-refractivity contribution in [3.63, 3.8) is 0 Å². The van der Waals surface area contributed by atoms with E-state index in [1.807, 2.05) is 24.3 Å². The van der Waals surface area contributed by atoms with Crippen molar-refractivity contribution in [2.24, 2.45) is 17.9 Å². The van der Waals surface area contributed by atoms with Gasteiger partial charge < -0.3 is 9.67 Å². The summed E-state index contributed by atoms with van der Waals surface area (Å²) >= 11 is 4.65. The minimum absolute atomic E-state index is 0.0623. The van der Waals surface area contributed by atoms with Crippen LogP contribution in [0.1, 0.15) is 0 Å². The Kier molecular flexibility index (Phi) is 2.57. The van der Waals surface area contributed by atoms with E-state index in [4.69, 9.17) is 5.73 Å². The van der Waals surface area contributed by atoms with Crippen molar-refractivity contribution in [3.8, 4) is 5.88 Å². The number of fused-ring (bicyclic) bond motifs is 1. The van der Waals surface area contributed by atoms with E-state index in [0.717, 1.165) is 10.9 Å². The maximum Gasteiger partial charge on any atom is 0.360 e. The molecule has 5 nitrogen and oxygen atoms in total. The topological polar surface area (TPSA) is 77.5 Å². The molecule has 0 atom stereocenters. The van der Waals surface area contributed by atoms with Gasteiger partial charge in [-0.25, -0.2) is 0 Å². The van der Waals surface area contributed by atoms with Crippen LogP contribution < -0.4 is 10.8 Å². The summed E-state index contributed by atoms with van der Waals surface area (Å²) in [6.07, 6.45) is 0. The molecule has 1 aromatic heterocycles. The highest BCUT2D eigenvalue weighted by molar-refractivity contribution is 7.79. The van der Waals surface area contributed by atoms with E-state index in [9.17, 15) is 5.11 Å². The van der Waals surface area contributed by atoms with Crippen LogP contribution in [0.5, 0.6) is 5.88 Å². The predicted molar refractivity (Wildman–Crippen MR) is 64.4 cm³/mol. The Balaban J connectivity index is 2.69. The number of hydrogen-bond donors (Lipinski definition) is 3. The standard InChI is InChI=1S/C10H10N4OS/c1-14-7-5-3-2-4-6(7)8(9(14)15)12-13-10(11)16/h2-5,15H,1H3,(H2,11,16)/p+1. The van der Waals surface area contributed by atoms with Gasteiger partial charge in [0.15, 0.2) is 5.69 Å². The summed E-state index contributed by atoms with van der Waals surface area (Å²) in [7, 11) is 1.76. The minimum Gasteiger partial charge on any atom is -0.493 e. The molecule has 2 rings (SSSR count). The zero-order valence-corrected chi connectivity index (χ0v) is 9.45. The van der Waals surface area contributed by atoms with E-state index in [-0.39, 0.29) is 11.0 Å². The number of nitrogens with two attached hydrogens (primary N) is 1. The maximum absolute atomic E-state index is 9.88. The number of para-hydroxylation sites is 1. The highest BCUT2D eigenvalue weighted by atomic mass is 32.1. The smallest absolute Gasteiger partial charge is 0.360 e. The second kappa shape index (κ2) is 3.90. The Morgan fingerprint density at radius 3 is 2.88 bits per heavy atom. The van der Waals surface area contributed by atoms with Crippen molar-refractivity contribution < 1.29 is 10.2 Å². The summed E-state index contributed by atoms with van der Waals surface area (Å²) in [5.74, 6) is 0.0740. The van der Waals surface area contributed by atoms with Crippen molar-refractivity contribution in [3.05, 3.63) is 24.3 Å². The van der Waals surface area contributed by atoms with E-state index >= 15 is 0 Å². The van der Waals surface area contributed by atoms with Gasteiger partial charge in [-0.3, -0.25) is 5.73 Å². The molecule has 0 bridgehead atoms. The van der Waals surface area contributed by atoms with Crippen LogP contribution in [0.2, 0.25) is 0 Å². The molecule has 0 aliphatic rings. The molecule has 16 heavy (non-hydrogen) atoms. The Bertz CT molecular complexity index is 588. The monoisotopic (exact) mass is 235 g/mol. The molecule has 82 valence electrons. The van der Waals surface area contributed by atoms with E-state index in [1.54, 1.807) is 11.6 Å². The Morgan fingerprint density at radius 1 is 1.50 bits per heavy atom. The predicted octanol–water partition coefficient (Wildman–Crippen LogP) is 0.292. The summed E-state index contributed by atoms with van der Waals surface area (Å²) < 4.78 is 1.65. The summed E-state index contributed by atoms with van der Waals surface area (Å²) in [6.45, 7) is 0. The van der Waals surface area contributed by atoms with Gasteiger partial charge in [-0.05, 0) is 6.07 Å². The van der Waals surface area contributed by atoms with Gasteiger partial charge in [0.25, 0.3) is 0 Å². The average Bonchev–Trinajstić information content (AvgIpc) is 2.50. The van der Waals surface area contributed by atoms with Gasteiger partial charge in [-0.2, -0.15) is 0 Å². The number of aromatic hydroxyl groups is 1. The van der Waals surface area contributed by atoms with Crippen LogP contribution in [0, 0.1) is 0 Å². The summed E-state index contributed by atoms with van der Waals surface area (Å²) in [4.78, 5) is 0. The third-order valence-electron chi connectivity index (χ3n) is 2.33. The first kappa shape index (κ1) is 10.6. The molecular formula is C10H11N4OS+. The lowest BCUT2D eigenvalue weighted by Gasteiger charge is -1.94. The quantitative estimate of drug-likeness (QED) is 0.491. The van der Waals surface area contributed by atoms with Gasteiger partial charge in [0.2, 0.25) is 5.88 Å². The Morgan fingerprint density at radius 2 is 2.19 bits per heavy atom. The fourth-order valence-corrected chi connectivity index (χ4v) is 1.63. The third-order valence-corrected chi connectivity index (χ3v) is 2.42. The molecule has 0 spiro atoms. The zero-order valence-electron chi connectivity index (χ0n) is 8.64. The van der Waals surface area contributed by atoms with Crippen LogP contribution in [-0.2, 0) is 7.05 Å². The van der Waals surface area contributed by atoms with E-state index in [1.165, 1.54) is 0 Å². The number of hydrogen-bond acceptors (Lipinski definition) is 3. The molecule has 4 N–H and O–H groups in total. The second-order valence-corrected chi connectivity index (χ2v) is 3.78. The van der Waals surface area contributed by atoms with Crippen molar-refractivity contribution >= 4 is 33.9 Å². The first-order valence-electron chi connectivity index (χ1n) is 4.64. The lowest BCUT2D eigenvalue weighted by atomic mass is 10.2. The highest BCUT2D eigenvalue weighted by Crippen LogP contribution is 2.36. The fraction of sp³-hybridized carbons (Fsp3) is 0.100.